The molecule has 2 amide bonds. The van der Waals surface area contributed by atoms with E-state index in [0.717, 1.165) is 17.0 Å². The molecular formula is C26H22ClN5O3. The van der Waals surface area contributed by atoms with Crippen LogP contribution in [0.3, 0.4) is 0 Å². The van der Waals surface area contributed by atoms with E-state index in [1.807, 2.05) is 60.8 Å². The van der Waals surface area contributed by atoms with Gasteiger partial charge in [-0.15, -0.1) is 0 Å². The minimum absolute atomic E-state index is 0.239. The van der Waals surface area contributed by atoms with Crippen LogP contribution in [0.5, 0.6) is 5.75 Å². The van der Waals surface area contributed by atoms with E-state index >= 15 is 0 Å². The first kappa shape index (κ1) is 23.7. The van der Waals surface area contributed by atoms with Gasteiger partial charge in [-0.25, -0.2) is 10.1 Å². The van der Waals surface area contributed by atoms with Crippen LogP contribution in [0.25, 0.3) is 16.9 Å². The maximum atomic E-state index is 12.2. The lowest BCUT2D eigenvalue weighted by atomic mass is 10.1. The highest BCUT2D eigenvalue weighted by molar-refractivity contribution is 6.31. The van der Waals surface area contributed by atoms with Gasteiger partial charge < -0.3 is 10.1 Å². The number of aromatic nitrogens is 2. The lowest BCUT2D eigenvalue weighted by Gasteiger charge is -2.04. The number of benzene rings is 3. The highest BCUT2D eigenvalue weighted by Gasteiger charge is 2.12. The van der Waals surface area contributed by atoms with Crippen molar-refractivity contribution in [1.82, 2.24) is 20.5 Å². The summed E-state index contributed by atoms with van der Waals surface area (Å²) in [4.78, 5) is 24.4. The Labute approximate surface area is 207 Å². The number of amides is 2. The molecule has 1 heterocycles. The third kappa shape index (κ3) is 6.13. The number of methoxy groups -OCH3 is 1. The summed E-state index contributed by atoms with van der Waals surface area (Å²) in [6.07, 6.45) is 3.34. The molecule has 0 fully saturated rings. The molecule has 0 spiro atoms. The Bertz CT molecular complexity index is 1350. The van der Waals surface area contributed by atoms with Crippen molar-refractivity contribution in [2.75, 3.05) is 13.7 Å². The molecule has 4 aromatic rings. The van der Waals surface area contributed by atoms with Crippen LogP contribution in [-0.4, -0.2) is 41.5 Å². The number of nitrogens with one attached hydrogen (secondary N) is 2. The second-order valence-corrected chi connectivity index (χ2v) is 7.86. The second kappa shape index (κ2) is 11.1. The third-order valence-corrected chi connectivity index (χ3v) is 5.25. The highest BCUT2D eigenvalue weighted by Crippen LogP contribution is 2.25. The molecule has 0 aliphatic rings. The van der Waals surface area contributed by atoms with Crippen LogP contribution >= 0.6 is 11.6 Å². The SMILES string of the molecule is COc1ccc(-c2nn(-c3ccccc3)cc2/C=N\NC(=O)CNC(=O)c2cccc(Cl)c2)cc1. The third-order valence-electron chi connectivity index (χ3n) is 5.02. The molecule has 0 aliphatic carbocycles. The minimum atomic E-state index is -0.474. The van der Waals surface area contributed by atoms with Crippen LogP contribution in [0.4, 0.5) is 0 Å². The maximum absolute atomic E-state index is 12.2. The van der Waals surface area contributed by atoms with Gasteiger partial charge in [0.1, 0.15) is 11.4 Å². The Balaban J connectivity index is 1.46. The molecule has 4 rings (SSSR count). The van der Waals surface area contributed by atoms with Crippen molar-refractivity contribution in [1.29, 1.82) is 0 Å². The number of hydrazone groups is 1. The van der Waals surface area contributed by atoms with Gasteiger partial charge in [0.2, 0.25) is 0 Å². The summed E-state index contributed by atoms with van der Waals surface area (Å²) in [6, 6.07) is 23.6. The van der Waals surface area contributed by atoms with Crippen molar-refractivity contribution in [3.63, 3.8) is 0 Å². The fourth-order valence-electron chi connectivity index (χ4n) is 3.27. The summed E-state index contributed by atoms with van der Waals surface area (Å²) in [7, 11) is 1.61. The van der Waals surface area contributed by atoms with E-state index in [1.54, 1.807) is 30.0 Å². The van der Waals surface area contributed by atoms with Gasteiger partial charge in [-0.05, 0) is 54.6 Å². The molecule has 176 valence electrons. The van der Waals surface area contributed by atoms with Crippen molar-refractivity contribution >= 4 is 29.6 Å². The number of hydrogen-bond acceptors (Lipinski definition) is 5. The topological polar surface area (TPSA) is 97.6 Å². The number of halogens is 1. The minimum Gasteiger partial charge on any atom is -0.497 e. The summed E-state index contributed by atoms with van der Waals surface area (Å²) >= 11 is 5.90. The zero-order valence-corrected chi connectivity index (χ0v) is 19.6. The molecule has 0 aliphatic heterocycles. The second-order valence-electron chi connectivity index (χ2n) is 7.43. The Morgan fingerprint density at radius 2 is 1.83 bits per heavy atom. The highest BCUT2D eigenvalue weighted by atomic mass is 35.5. The summed E-state index contributed by atoms with van der Waals surface area (Å²) in [6.45, 7) is -0.239. The molecule has 0 unspecified atom stereocenters. The van der Waals surface area contributed by atoms with Gasteiger partial charge in [0.05, 0.1) is 25.6 Å². The number of hydrogen-bond donors (Lipinski definition) is 2. The summed E-state index contributed by atoms with van der Waals surface area (Å²) in [5.74, 6) is -0.144. The first-order chi connectivity index (χ1) is 17.0. The lowest BCUT2D eigenvalue weighted by molar-refractivity contribution is -0.120. The summed E-state index contributed by atoms with van der Waals surface area (Å²) < 4.78 is 6.98. The number of para-hydroxylation sites is 1. The standard InChI is InChI=1S/C26H22ClN5O3/c1-35-23-12-10-18(11-13-23)25-20(17-32(31-25)22-8-3-2-4-9-22)15-29-30-24(33)16-28-26(34)19-6-5-7-21(27)14-19/h2-15,17H,16H2,1H3,(H,28,34)(H,30,33)/b29-15-. The average Bonchev–Trinajstić information content (AvgIpc) is 3.32. The van der Waals surface area contributed by atoms with E-state index in [0.29, 0.717) is 21.8 Å². The van der Waals surface area contributed by atoms with Crippen molar-refractivity contribution in [2.24, 2.45) is 5.10 Å². The predicted molar refractivity (Wildman–Crippen MR) is 135 cm³/mol. The van der Waals surface area contributed by atoms with Crippen LogP contribution < -0.4 is 15.5 Å². The van der Waals surface area contributed by atoms with E-state index in [9.17, 15) is 9.59 Å². The Morgan fingerprint density at radius 1 is 1.06 bits per heavy atom. The molecule has 1 aromatic heterocycles. The Hall–Kier alpha value is -4.43. The van der Waals surface area contributed by atoms with Crippen LogP contribution in [0.2, 0.25) is 5.02 Å². The smallest absolute Gasteiger partial charge is 0.259 e. The normalized spacial score (nSPS) is 10.8. The molecule has 0 atom stereocenters. The van der Waals surface area contributed by atoms with Gasteiger partial charge in [0, 0.05) is 27.9 Å². The molecule has 35 heavy (non-hydrogen) atoms. The van der Waals surface area contributed by atoms with Crippen molar-refractivity contribution in [2.45, 2.75) is 0 Å². The molecule has 0 saturated heterocycles. The number of carbonyl (C=O) groups excluding carboxylic acids is 2. The molecule has 0 bridgehead atoms. The predicted octanol–water partition coefficient (Wildman–Crippen LogP) is 4.08. The van der Waals surface area contributed by atoms with E-state index in [4.69, 9.17) is 21.4 Å². The molecule has 8 nitrogen and oxygen atoms in total. The fourth-order valence-corrected chi connectivity index (χ4v) is 3.46. The van der Waals surface area contributed by atoms with E-state index < -0.39 is 11.8 Å². The zero-order valence-electron chi connectivity index (χ0n) is 18.8. The number of nitrogens with zero attached hydrogens (tertiary/aromatic N) is 3. The van der Waals surface area contributed by atoms with E-state index in [1.165, 1.54) is 12.3 Å². The quantitative estimate of drug-likeness (QED) is 0.289. The largest absolute Gasteiger partial charge is 0.497 e. The van der Waals surface area contributed by atoms with Gasteiger partial charge in [-0.1, -0.05) is 35.9 Å². The van der Waals surface area contributed by atoms with Crippen molar-refractivity contribution < 1.29 is 14.3 Å². The monoisotopic (exact) mass is 487 g/mol. The lowest BCUT2D eigenvalue weighted by Crippen LogP contribution is -2.34. The number of carbonyl (C=O) groups is 2. The van der Waals surface area contributed by atoms with Gasteiger partial charge in [0.25, 0.3) is 11.8 Å². The molecule has 0 saturated carbocycles. The van der Waals surface area contributed by atoms with Crippen molar-refractivity contribution in [3.05, 3.63) is 101 Å². The van der Waals surface area contributed by atoms with Crippen LogP contribution in [0, 0.1) is 0 Å². The average molecular weight is 488 g/mol. The number of ether oxygens (including phenoxy) is 1. The summed E-state index contributed by atoms with van der Waals surface area (Å²) in [5.41, 5.74) is 5.92. The van der Waals surface area contributed by atoms with Crippen molar-refractivity contribution in [3.8, 4) is 22.7 Å². The van der Waals surface area contributed by atoms with Crippen LogP contribution in [-0.2, 0) is 4.79 Å². The maximum Gasteiger partial charge on any atom is 0.259 e. The van der Waals surface area contributed by atoms with Gasteiger partial charge in [-0.3, -0.25) is 9.59 Å². The Kier molecular flexibility index (Phi) is 7.54. The molecular weight excluding hydrogens is 466 g/mol. The fraction of sp³-hybridized carbons (Fsp3) is 0.0769. The first-order valence-corrected chi connectivity index (χ1v) is 11.1. The number of rotatable bonds is 8. The van der Waals surface area contributed by atoms with Gasteiger partial charge in [0.15, 0.2) is 0 Å². The molecule has 3 aromatic carbocycles. The van der Waals surface area contributed by atoms with Crippen LogP contribution in [0.1, 0.15) is 15.9 Å². The van der Waals surface area contributed by atoms with E-state index in [2.05, 4.69) is 15.8 Å². The summed E-state index contributed by atoms with van der Waals surface area (Å²) in [5, 5.41) is 11.7. The van der Waals surface area contributed by atoms with Gasteiger partial charge >= 0.3 is 0 Å². The van der Waals surface area contributed by atoms with Gasteiger partial charge in [-0.2, -0.15) is 10.2 Å². The molecule has 2 N–H and O–H groups in total. The first-order valence-electron chi connectivity index (χ1n) is 10.7. The van der Waals surface area contributed by atoms with E-state index in [-0.39, 0.29) is 6.54 Å². The Morgan fingerprint density at radius 3 is 2.54 bits per heavy atom. The molecule has 9 heteroatoms. The zero-order chi connectivity index (χ0) is 24.6. The molecule has 0 radical (unpaired) electrons. The van der Waals surface area contributed by atoms with Crippen LogP contribution in [0.15, 0.2) is 90.2 Å².